The number of halogens is 5. The van der Waals surface area contributed by atoms with Crippen LogP contribution in [-0.2, 0) is 6.18 Å². The zero-order chi connectivity index (χ0) is 60.2. The summed E-state index contributed by atoms with van der Waals surface area (Å²) in [6, 6.07) is 28.0. The summed E-state index contributed by atoms with van der Waals surface area (Å²) >= 11 is 6.56. The molecule has 0 fully saturated rings. The number of thiophene rings is 3. The van der Waals surface area contributed by atoms with E-state index in [2.05, 4.69) is 64.1 Å². The van der Waals surface area contributed by atoms with Gasteiger partial charge in [0, 0.05) is 62.6 Å². The van der Waals surface area contributed by atoms with Crippen LogP contribution in [0.4, 0.5) is 22.0 Å². The molecule has 0 N–H and O–H groups in total. The van der Waals surface area contributed by atoms with Crippen molar-refractivity contribution >= 4 is 79.5 Å². The Morgan fingerprint density at radius 1 is 0.384 bits per heavy atom. The number of aromatic nitrogens is 4. The molecule has 0 bridgehead atoms. The third-order valence-electron chi connectivity index (χ3n) is 16.3. The minimum Gasteiger partial charge on any atom is -0.493 e. The van der Waals surface area contributed by atoms with Gasteiger partial charge in [-0.15, -0.1) is 34.0 Å². The van der Waals surface area contributed by atoms with Crippen LogP contribution in [0.1, 0.15) is 165 Å². The molecule has 0 saturated heterocycles. The van der Waals surface area contributed by atoms with Gasteiger partial charge in [-0.25, -0.2) is 8.78 Å². The van der Waals surface area contributed by atoms with Gasteiger partial charge in [0.2, 0.25) is 0 Å². The maximum Gasteiger partial charge on any atom is 0.416 e. The summed E-state index contributed by atoms with van der Waals surface area (Å²) < 4.78 is 108. The van der Waals surface area contributed by atoms with Crippen LogP contribution in [0.2, 0.25) is 0 Å². The van der Waals surface area contributed by atoms with E-state index in [1.54, 1.807) is 17.4 Å². The lowest BCUT2D eigenvalue weighted by atomic mass is 9.94. The van der Waals surface area contributed by atoms with E-state index in [1.165, 1.54) is 142 Å². The van der Waals surface area contributed by atoms with Crippen LogP contribution >= 0.6 is 57.5 Å². The topological polar surface area (TPSA) is 70.0 Å². The van der Waals surface area contributed by atoms with Gasteiger partial charge in [0.25, 0.3) is 0 Å². The molecule has 0 atom stereocenters. The van der Waals surface area contributed by atoms with Crippen molar-refractivity contribution in [3.05, 3.63) is 131 Å². The molecule has 5 heterocycles. The van der Waals surface area contributed by atoms with E-state index in [-0.39, 0.29) is 11.1 Å². The molecular weight excluding hydrogens is 1180 g/mol. The number of alkyl halides is 3. The van der Waals surface area contributed by atoms with Gasteiger partial charge in [-0.1, -0.05) is 171 Å². The fourth-order valence-electron chi connectivity index (χ4n) is 11.5. The molecule has 0 unspecified atom stereocenters. The first-order valence-electron chi connectivity index (χ1n) is 30.7. The van der Waals surface area contributed by atoms with Crippen LogP contribution in [0.3, 0.4) is 0 Å². The van der Waals surface area contributed by atoms with Gasteiger partial charge in [0.1, 0.15) is 45.2 Å². The van der Waals surface area contributed by atoms with Crippen molar-refractivity contribution in [1.82, 2.24) is 17.5 Å². The number of unbranched alkanes of at least 4 members (excludes halogenated alkanes) is 18. The lowest BCUT2D eigenvalue weighted by Gasteiger charge is -2.18. The first-order chi connectivity index (χ1) is 41.8. The highest BCUT2D eigenvalue weighted by Crippen LogP contribution is 2.52. The van der Waals surface area contributed by atoms with Crippen LogP contribution in [0, 0.1) is 32.4 Å². The van der Waals surface area contributed by atoms with Crippen molar-refractivity contribution in [2.45, 2.75) is 169 Å². The maximum absolute atomic E-state index is 16.8. The molecule has 6 nitrogen and oxygen atoms in total. The molecule has 0 aliphatic rings. The SMILES string of the molecule is CCCCCCCCCCCCOc1c(C)c(-c2ccc(-c3cc(F)c(-c4ccc(-c5c(OCCCCCCCCCCCC)c(C)c(-c6ccc(-c7ccc(C)cc7)s6)c6nsnc56)s4)cc3F)s2)c2nsnc2c1-c1ccc(C(F)(F)F)cc1. The second kappa shape index (κ2) is 29.9. The Labute approximate surface area is 523 Å². The summed E-state index contributed by atoms with van der Waals surface area (Å²) in [5.74, 6) is 0.103. The molecule has 10 rings (SSSR count). The molecule has 10 aromatic rings. The Morgan fingerprint density at radius 3 is 1.17 bits per heavy atom. The Hall–Kier alpha value is -5.91. The summed E-state index contributed by atoms with van der Waals surface area (Å²) in [5, 5.41) is 0. The number of hydrogen-bond donors (Lipinski definition) is 0. The quantitative estimate of drug-likeness (QED) is 0.0319. The number of nitrogens with zero attached hydrogens (tertiary/aromatic N) is 4. The summed E-state index contributed by atoms with van der Waals surface area (Å²) in [7, 11) is 0. The van der Waals surface area contributed by atoms with Crippen LogP contribution in [0.5, 0.6) is 11.5 Å². The minimum absolute atomic E-state index is 0.117. The molecule has 5 aromatic heterocycles. The first kappa shape index (κ1) is 63.1. The van der Waals surface area contributed by atoms with E-state index in [0.29, 0.717) is 56.4 Å². The van der Waals surface area contributed by atoms with Gasteiger partial charge < -0.3 is 9.47 Å². The summed E-state index contributed by atoms with van der Waals surface area (Å²) in [4.78, 5) is 4.85. The Morgan fingerprint density at radius 2 is 0.733 bits per heavy atom. The average Bonchev–Trinajstić information content (AvgIpc) is 1.53. The summed E-state index contributed by atoms with van der Waals surface area (Å²) in [5.41, 5.74) is 9.74. The number of fused-ring (bicyclic) bond motifs is 2. The fraction of sp³-hybridized carbons (Fsp3) is 0.400. The molecule has 0 amide bonds. The number of hydrogen-bond acceptors (Lipinski definition) is 11. The van der Waals surface area contributed by atoms with Crippen molar-refractivity contribution in [3.63, 3.8) is 0 Å². The highest BCUT2D eigenvalue weighted by molar-refractivity contribution is 7.20. The van der Waals surface area contributed by atoms with Gasteiger partial charge in [-0.05, 0) is 105 Å². The first-order valence-corrected chi connectivity index (χ1v) is 34.6. The predicted molar refractivity (Wildman–Crippen MR) is 354 cm³/mol. The molecule has 16 heteroatoms. The lowest BCUT2D eigenvalue weighted by molar-refractivity contribution is -0.137. The summed E-state index contributed by atoms with van der Waals surface area (Å²) in [6.07, 6.45) is 19.2. The smallest absolute Gasteiger partial charge is 0.416 e. The van der Waals surface area contributed by atoms with E-state index < -0.39 is 23.4 Å². The van der Waals surface area contributed by atoms with E-state index in [4.69, 9.17) is 27.0 Å². The van der Waals surface area contributed by atoms with Crippen molar-refractivity contribution < 1.29 is 31.4 Å². The maximum atomic E-state index is 16.8. The molecule has 0 spiro atoms. The molecule has 0 radical (unpaired) electrons. The fourth-order valence-corrected chi connectivity index (χ4v) is 16.0. The molecule has 5 aromatic carbocycles. The van der Waals surface area contributed by atoms with E-state index in [1.807, 2.05) is 25.1 Å². The van der Waals surface area contributed by atoms with Crippen LogP contribution in [0.15, 0.2) is 97.1 Å². The molecule has 0 saturated carbocycles. The molecule has 0 aliphatic carbocycles. The monoisotopic (exact) mass is 1260 g/mol. The number of ether oxygens (including phenoxy) is 2. The second-order valence-electron chi connectivity index (χ2n) is 22.6. The second-order valence-corrected chi connectivity index (χ2v) is 26.9. The summed E-state index contributed by atoms with van der Waals surface area (Å²) in [6.45, 7) is 11.5. The van der Waals surface area contributed by atoms with E-state index in [0.717, 1.165) is 138 Å². The zero-order valence-electron chi connectivity index (χ0n) is 49.8. The highest BCUT2D eigenvalue weighted by atomic mass is 32.1. The largest absolute Gasteiger partial charge is 0.493 e. The van der Waals surface area contributed by atoms with E-state index in [9.17, 15) is 13.2 Å². The zero-order valence-corrected chi connectivity index (χ0v) is 53.9. The standard InChI is InChI=1S/C70H75F5N4O2S5/c1-6-8-10-12-14-16-18-20-22-24-40-80-68-45(4)60(64-66(78-85-76-64)62(68)48-30-32-49(33-31-48)70(73,74)75)58-38-35-55(83-58)50-42-53(72)51(43-52(50)71)56-36-39-59(84-56)63-67-65(77-86-79-67)61(57-37-34-54(82-57)47-28-26-44(3)27-29-47)46(5)69(63)81-41-25-23-21-19-17-15-13-11-9-7-2/h26-39,42-43H,6-25,40-41H2,1-5H3. The number of benzene rings is 5. The highest BCUT2D eigenvalue weighted by Gasteiger charge is 2.32. The Bertz CT molecular complexity index is 3840. The Kier molecular flexibility index (Phi) is 21.9. The normalized spacial score (nSPS) is 11.9. The van der Waals surface area contributed by atoms with Gasteiger partial charge >= 0.3 is 6.18 Å². The van der Waals surface area contributed by atoms with Crippen molar-refractivity contribution in [3.8, 4) is 85.3 Å². The van der Waals surface area contributed by atoms with Crippen LogP contribution in [0.25, 0.3) is 95.8 Å². The molecule has 452 valence electrons. The van der Waals surface area contributed by atoms with Crippen molar-refractivity contribution in [2.75, 3.05) is 13.2 Å². The van der Waals surface area contributed by atoms with Crippen molar-refractivity contribution in [2.24, 2.45) is 0 Å². The van der Waals surface area contributed by atoms with Gasteiger partial charge in [0.15, 0.2) is 0 Å². The van der Waals surface area contributed by atoms with Crippen molar-refractivity contribution in [1.29, 1.82) is 0 Å². The number of rotatable bonds is 31. The van der Waals surface area contributed by atoms with Crippen LogP contribution < -0.4 is 9.47 Å². The lowest BCUT2D eigenvalue weighted by Crippen LogP contribution is -2.05. The molecular formula is C70H75F5N4O2S5. The molecule has 86 heavy (non-hydrogen) atoms. The minimum atomic E-state index is -4.50. The molecule has 0 aliphatic heterocycles. The van der Waals surface area contributed by atoms with Gasteiger partial charge in [-0.2, -0.15) is 30.7 Å². The third-order valence-corrected chi connectivity index (χ3v) is 20.8. The predicted octanol–water partition coefficient (Wildman–Crippen LogP) is 24.4. The third kappa shape index (κ3) is 14.8. The van der Waals surface area contributed by atoms with Crippen LogP contribution in [-0.4, -0.2) is 30.7 Å². The van der Waals surface area contributed by atoms with E-state index >= 15 is 8.78 Å². The number of aryl methyl sites for hydroxylation is 1. The Balaban J connectivity index is 0.924. The van der Waals surface area contributed by atoms with Gasteiger partial charge in [0.05, 0.1) is 53.4 Å². The van der Waals surface area contributed by atoms with Gasteiger partial charge in [-0.3, -0.25) is 0 Å². The average molecular weight is 1260 g/mol.